The van der Waals surface area contributed by atoms with Gasteiger partial charge >= 0.3 is 5.97 Å². The summed E-state index contributed by atoms with van der Waals surface area (Å²) >= 11 is 0. The highest BCUT2D eigenvalue weighted by atomic mass is 32.2. The highest BCUT2D eigenvalue weighted by Crippen LogP contribution is 2.55. The minimum absolute atomic E-state index is 0.0454. The fourth-order valence-corrected chi connectivity index (χ4v) is 7.28. The van der Waals surface area contributed by atoms with E-state index in [1.54, 1.807) is 46.4 Å². The van der Waals surface area contributed by atoms with Gasteiger partial charge in [0.25, 0.3) is 0 Å². The van der Waals surface area contributed by atoms with E-state index in [-0.39, 0.29) is 24.4 Å². The third-order valence-electron chi connectivity index (χ3n) is 7.80. The summed E-state index contributed by atoms with van der Waals surface area (Å²) in [6.07, 6.45) is 6.01. The number of sulfonamides is 1. The molecule has 6 rings (SSSR count). The molecule has 3 heterocycles. The first-order chi connectivity index (χ1) is 19.4. The van der Waals surface area contributed by atoms with Crippen LogP contribution in [0.5, 0.6) is 0 Å². The average molecular weight is 561 g/mol. The van der Waals surface area contributed by atoms with Gasteiger partial charge in [-0.15, -0.1) is 5.10 Å². The number of aryl methyl sites for hydroxylation is 1. The number of hydrogen-bond acceptors (Lipinski definition) is 7. The first kappa shape index (κ1) is 26.4. The van der Waals surface area contributed by atoms with Crippen molar-refractivity contribution < 1.29 is 17.9 Å². The molecule has 10 nitrogen and oxygen atoms in total. The van der Waals surface area contributed by atoms with Crippen molar-refractivity contribution in [1.82, 2.24) is 29.1 Å². The Bertz CT molecular complexity index is 1630. The molecule has 0 spiro atoms. The molecule has 2 aromatic heterocycles. The molecule has 40 heavy (non-hydrogen) atoms. The Morgan fingerprint density at radius 3 is 2.67 bits per heavy atom. The fraction of sp³-hybridized carbons (Fsp3) is 0.379. The standard InChI is InChI=1S/C29H32N6O4S/c1-3-39-29(36)26-17-30-35(28(26)25-16-24(25)27-19-33(2)32-31-27)22-11-7-9-20(15-22)21-10-8-14-34(18-21)40(37,38)23-12-5-4-6-13-23/h4-7,9,11-13,15,17,19,21,24-25H,3,8,10,14,16,18H2,1-2H3/t21?,24-,25-/m1/s1. The average Bonchev–Trinajstić information content (AvgIpc) is 3.42. The minimum Gasteiger partial charge on any atom is -0.462 e. The Labute approximate surface area is 233 Å². The van der Waals surface area contributed by atoms with Gasteiger partial charge in [0.2, 0.25) is 10.0 Å². The molecule has 1 unspecified atom stereocenters. The Balaban J connectivity index is 1.30. The predicted octanol–water partition coefficient (Wildman–Crippen LogP) is 4.02. The lowest BCUT2D eigenvalue weighted by atomic mass is 9.91. The number of rotatable bonds is 8. The summed E-state index contributed by atoms with van der Waals surface area (Å²) in [7, 11) is -1.73. The van der Waals surface area contributed by atoms with Gasteiger partial charge in [0.15, 0.2) is 0 Å². The number of benzene rings is 2. The molecule has 1 aliphatic heterocycles. The van der Waals surface area contributed by atoms with Crippen molar-refractivity contribution in [2.24, 2.45) is 7.05 Å². The Kier molecular flexibility index (Phi) is 7.01. The summed E-state index contributed by atoms with van der Waals surface area (Å²) in [5.74, 6) is -0.137. The zero-order chi connectivity index (χ0) is 27.9. The maximum Gasteiger partial charge on any atom is 0.341 e. The highest BCUT2D eigenvalue weighted by Gasteiger charge is 2.46. The van der Waals surface area contributed by atoms with Crippen LogP contribution in [0.25, 0.3) is 5.69 Å². The van der Waals surface area contributed by atoms with Gasteiger partial charge in [-0.25, -0.2) is 17.9 Å². The maximum absolute atomic E-state index is 13.3. The number of aromatic nitrogens is 5. The number of carbonyl (C=O) groups is 1. The third kappa shape index (κ3) is 4.95. The van der Waals surface area contributed by atoms with Gasteiger partial charge in [-0.2, -0.15) is 9.40 Å². The fourth-order valence-electron chi connectivity index (χ4n) is 5.73. The molecule has 2 fully saturated rings. The van der Waals surface area contributed by atoms with Crippen LogP contribution in [0, 0.1) is 0 Å². The molecule has 4 aromatic rings. The van der Waals surface area contributed by atoms with Crippen molar-refractivity contribution in [3.63, 3.8) is 0 Å². The van der Waals surface area contributed by atoms with Gasteiger partial charge in [-0.1, -0.05) is 35.5 Å². The molecule has 2 aromatic carbocycles. The number of esters is 1. The van der Waals surface area contributed by atoms with Crippen LogP contribution in [-0.4, -0.2) is 63.2 Å². The molecule has 11 heteroatoms. The lowest BCUT2D eigenvalue weighted by molar-refractivity contribution is 0.0525. The van der Waals surface area contributed by atoms with Crippen molar-refractivity contribution in [2.75, 3.05) is 19.7 Å². The molecule has 3 atom stereocenters. The van der Waals surface area contributed by atoms with Crippen LogP contribution in [0.2, 0.25) is 0 Å². The van der Waals surface area contributed by atoms with Crippen LogP contribution in [0.4, 0.5) is 0 Å². The summed E-state index contributed by atoms with van der Waals surface area (Å²) in [6.45, 7) is 2.99. The monoisotopic (exact) mass is 560 g/mol. The summed E-state index contributed by atoms with van der Waals surface area (Å²) in [5.41, 5.74) is 4.04. The topological polar surface area (TPSA) is 112 Å². The van der Waals surface area contributed by atoms with Crippen LogP contribution >= 0.6 is 0 Å². The molecule has 1 saturated carbocycles. The van der Waals surface area contributed by atoms with Gasteiger partial charge in [-0.05, 0) is 61.9 Å². The SMILES string of the molecule is CCOC(=O)c1cnn(-c2cccc(C3CCCN(S(=O)(=O)c4ccccc4)C3)c2)c1[C@@H]1C[C@H]1c1cn(C)nn1. The highest BCUT2D eigenvalue weighted by molar-refractivity contribution is 7.89. The molecular weight excluding hydrogens is 528 g/mol. The Morgan fingerprint density at radius 1 is 1.10 bits per heavy atom. The largest absolute Gasteiger partial charge is 0.462 e. The zero-order valence-electron chi connectivity index (χ0n) is 22.6. The Morgan fingerprint density at radius 2 is 1.93 bits per heavy atom. The maximum atomic E-state index is 13.3. The summed E-state index contributed by atoms with van der Waals surface area (Å²) < 4.78 is 37.1. The van der Waals surface area contributed by atoms with Crippen molar-refractivity contribution in [3.05, 3.63) is 89.5 Å². The third-order valence-corrected chi connectivity index (χ3v) is 9.67. The van der Waals surface area contributed by atoms with Crippen molar-refractivity contribution >= 4 is 16.0 Å². The normalized spacial score (nSPS) is 21.3. The van der Waals surface area contributed by atoms with Gasteiger partial charge < -0.3 is 4.74 Å². The number of piperidine rings is 1. The molecule has 0 radical (unpaired) electrons. The van der Waals surface area contributed by atoms with Crippen molar-refractivity contribution in [3.8, 4) is 5.69 Å². The van der Waals surface area contributed by atoms with Crippen LogP contribution in [-0.2, 0) is 21.8 Å². The summed E-state index contributed by atoms with van der Waals surface area (Å²) in [6, 6.07) is 16.7. The second-order valence-corrected chi connectivity index (χ2v) is 12.4. The van der Waals surface area contributed by atoms with E-state index in [1.165, 1.54) is 0 Å². The first-order valence-corrected chi connectivity index (χ1v) is 15.1. The number of hydrogen-bond donors (Lipinski definition) is 0. The second kappa shape index (κ2) is 10.6. The van der Waals surface area contributed by atoms with Crippen LogP contribution in [0.3, 0.4) is 0 Å². The summed E-state index contributed by atoms with van der Waals surface area (Å²) in [4.78, 5) is 13.2. The first-order valence-electron chi connectivity index (χ1n) is 13.6. The van der Waals surface area contributed by atoms with Gasteiger partial charge in [-0.3, -0.25) is 4.68 Å². The van der Waals surface area contributed by atoms with E-state index in [2.05, 4.69) is 21.5 Å². The van der Waals surface area contributed by atoms with Crippen LogP contribution in [0.1, 0.15) is 71.2 Å². The van der Waals surface area contributed by atoms with E-state index in [4.69, 9.17) is 4.74 Å². The molecule has 0 N–H and O–H groups in total. The van der Waals surface area contributed by atoms with E-state index in [0.29, 0.717) is 23.5 Å². The molecule has 0 bridgehead atoms. The van der Waals surface area contributed by atoms with Gasteiger partial charge in [0.05, 0.1) is 34.8 Å². The second-order valence-electron chi connectivity index (χ2n) is 10.5. The van der Waals surface area contributed by atoms with E-state index in [0.717, 1.165) is 41.9 Å². The van der Waals surface area contributed by atoms with E-state index in [9.17, 15) is 13.2 Å². The van der Waals surface area contributed by atoms with Gasteiger partial charge in [0, 0.05) is 38.2 Å². The lowest BCUT2D eigenvalue weighted by Crippen LogP contribution is -2.39. The number of nitrogens with zero attached hydrogens (tertiary/aromatic N) is 6. The van der Waals surface area contributed by atoms with Crippen molar-refractivity contribution in [1.29, 1.82) is 0 Å². The molecule has 2 aliphatic rings. The predicted molar refractivity (Wildman–Crippen MR) is 148 cm³/mol. The van der Waals surface area contributed by atoms with E-state index < -0.39 is 16.0 Å². The van der Waals surface area contributed by atoms with Gasteiger partial charge in [0.1, 0.15) is 5.56 Å². The molecule has 0 amide bonds. The molecule has 1 aliphatic carbocycles. The van der Waals surface area contributed by atoms with E-state index >= 15 is 0 Å². The smallest absolute Gasteiger partial charge is 0.341 e. The number of carbonyl (C=O) groups excluding carboxylic acids is 1. The molecule has 208 valence electrons. The van der Waals surface area contributed by atoms with E-state index in [1.807, 2.05) is 42.2 Å². The minimum atomic E-state index is -3.57. The number of ether oxygens (including phenoxy) is 1. The van der Waals surface area contributed by atoms with Crippen molar-refractivity contribution in [2.45, 2.75) is 48.8 Å². The van der Waals surface area contributed by atoms with Crippen LogP contribution < -0.4 is 0 Å². The Hall–Kier alpha value is -3.83. The quantitative estimate of drug-likeness (QED) is 0.299. The van der Waals surface area contributed by atoms with Crippen LogP contribution in [0.15, 0.2) is 71.9 Å². The zero-order valence-corrected chi connectivity index (χ0v) is 23.4. The lowest BCUT2D eigenvalue weighted by Gasteiger charge is -2.32. The molecular formula is C29H32N6O4S. The molecule has 1 saturated heterocycles. The summed E-state index contributed by atoms with van der Waals surface area (Å²) in [5, 5.41) is 13.0.